The van der Waals surface area contributed by atoms with Crippen molar-refractivity contribution in [3.05, 3.63) is 47.9 Å². The summed E-state index contributed by atoms with van der Waals surface area (Å²) in [7, 11) is 0. The molecule has 0 aliphatic heterocycles. The van der Waals surface area contributed by atoms with Gasteiger partial charge in [0.25, 0.3) is 0 Å². The van der Waals surface area contributed by atoms with Gasteiger partial charge in [-0.05, 0) is 11.1 Å². The van der Waals surface area contributed by atoms with E-state index in [2.05, 4.69) is 42.8 Å². The SMILES string of the molecule is [CH]1C=Cc2ccccc21.[Zr]. The largest absolute Gasteiger partial charge is 0.0755 e. The summed E-state index contributed by atoms with van der Waals surface area (Å²) < 4.78 is 0. The summed E-state index contributed by atoms with van der Waals surface area (Å²) >= 11 is 0. The summed E-state index contributed by atoms with van der Waals surface area (Å²) in [5.74, 6) is 0. The van der Waals surface area contributed by atoms with Gasteiger partial charge >= 0.3 is 0 Å². The fourth-order valence-corrected chi connectivity index (χ4v) is 1.07. The average molecular weight is 206 g/mol. The Labute approximate surface area is 80.1 Å². The second-order valence-electron chi connectivity index (χ2n) is 2.15. The summed E-state index contributed by atoms with van der Waals surface area (Å²) in [6.45, 7) is 0. The van der Waals surface area contributed by atoms with E-state index in [1.165, 1.54) is 11.1 Å². The first-order valence-electron chi connectivity index (χ1n) is 3.07. The van der Waals surface area contributed by atoms with Crippen molar-refractivity contribution in [2.45, 2.75) is 0 Å². The molecule has 0 spiro atoms. The van der Waals surface area contributed by atoms with Gasteiger partial charge in [0.2, 0.25) is 0 Å². The minimum Gasteiger partial charge on any atom is -0.0755 e. The first-order valence-corrected chi connectivity index (χ1v) is 3.07. The first kappa shape index (κ1) is 7.94. The Morgan fingerprint density at radius 3 is 2.30 bits per heavy atom. The van der Waals surface area contributed by atoms with Gasteiger partial charge in [-0.1, -0.05) is 36.4 Å². The van der Waals surface area contributed by atoms with Crippen molar-refractivity contribution in [1.29, 1.82) is 0 Å². The van der Waals surface area contributed by atoms with Crippen LogP contribution in [-0.4, -0.2) is 0 Å². The third-order valence-corrected chi connectivity index (χ3v) is 1.55. The van der Waals surface area contributed by atoms with Crippen molar-refractivity contribution < 1.29 is 26.2 Å². The van der Waals surface area contributed by atoms with Gasteiger partial charge in [-0.25, -0.2) is 0 Å². The number of allylic oxidation sites excluding steroid dienone is 1. The fraction of sp³-hybridized carbons (Fsp3) is 0. The third kappa shape index (κ3) is 1.29. The minimum atomic E-state index is 0. The fourth-order valence-electron chi connectivity index (χ4n) is 1.07. The standard InChI is InChI=1S/C9H7.Zr/c1-2-5-9-7-3-6-8(9)4-1;/h1-7H;. The molecular weight excluding hydrogens is 199 g/mol. The van der Waals surface area contributed by atoms with Gasteiger partial charge in [0, 0.05) is 32.6 Å². The van der Waals surface area contributed by atoms with Crippen LogP contribution in [0, 0.1) is 6.42 Å². The monoisotopic (exact) mass is 205 g/mol. The van der Waals surface area contributed by atoms with Crippen molar-refractivity contribution >= 4 is 6.08 Å². The van der Waals surface area contributed by atoms with Crippen LogP contribution in [0.25, 0.3) is 6.08 Å². The molecule has 0 N–H and O–H groups in total. The molecule has 0 nitrogen and oxygen atoms in total. The Morgan fingerprint density at radius 2 is 1.60 bits per heavy atom. The van der Waals surface area contributed by atoms with E-state index in [4.69, 9.17) is 0 Å². The summed E-state index contributed by atoms with van der Waals surface area (Å²) in [6, 6.07) is 8.36. The van der Waals surface area contributed by atoms with Gasteiger partial charge in [-0.3, -0.25) is 0 Å². The van der Waals surface area contributed by atoms with Crippen LogP contribution in [0.1, 0.15) is 11.1 Å². The molecule has 10 heavy (non-hydrogen) atoms. The van der Waals surface area contributed by atoms with E-state index in [0.717, 1.165) is 0 Å². The van der Waals surface area contributed by atoms with Crippen molar-refractivity contribution in [3.63, 3.8) is 0 Å². The maximum atomic E-state index is 2.12. The average Bonchev–Trinajstić information content (AvgIpc) is 2.33. The smallest absolute Gasteiger partial charge is 0.0131 e. The zero-order valence-corrected chi connectivity index (χ0v) is 8.00. The third-order valence-electron chi connectivity index (χ3n) is 1.55. The van der Waals surface area contributed by atoms with E-state index >= 15 is 0 Å². The molecule has 1 heteroatoms. The van der Waals surface area contributed by atoms with Crippen LogP contribution < -0.4 is 0 Å². The molecule has 0 unspecified atom stereocenters. The molecule has 0 saturated heterocycles. The predicted octanol–water partition coefficient (Wildman–Crippen LogP) is 2.26. The number of fused-ring (bicyclic) bond motifs is 1. The van der Waals surface area contributed by atoms with E-state index in [1.807, 2.05) is 0 Å². The Bertz CT molecular complexity index is 251. The number of rotatable bonds is 0. The van der Waals surface area contributed by atoms with Crippen molar-refractivity contribution in [2.75, 3.05) is 0 Å². The van der Waals surface area contributed by atoms with E-state index in [-0.39, 0.29) is 26.2 Å². The Morgan fingerprint density at radius 1 is 0.900 bits per heavy atom. The molecule has 0 fully saturated rings. The molecule has 1 radical (unpaired) electrons. The van der Waals surface area contributed by atoms with E-state index in [9.17, 15) is 0 Å². The Kier molecular flexibility index (Phi) is 2.62. The van der Waals surface area contributed by atoms with Crippen molar-refractivity contribution in [2.24, 2.45) is 0 Å². The van der Waals surface area contributed by atoms with Crippen LogP contribution in [0.5, 0.6) is 0 Å². The van der Waals surface area contributed by atoms with Crippen LogP contribution in [-0.2, 0) is 26.2 Å². The zero-order chi connectivity index (χ0) is 6.10. The minimum absolute atomic E-state index is 0. The number of benzene rings is 1. The van der Waals surface area contributed by atoms with Gasteiger partial charge < -0.3 is 0 Å². The van der Waals surface area contributed by atoms with Crippen LogP contribution >= 0.6 is 0 Å². The molecule has 2 rings (SSSR count). The Hall–Kier alpha value is -0.157. The molecule has 1 aliphatic rings. The van der Waals surface area contributed by atoms with E-state index in [0.29, 0.717) is 0 Å². The molecule has 47 valence electrons. The topological polar surface area (TPSA) is 0 Å². The summed E-state index contributed by atoms with van der Waals surface area (Å²) in [6.07, 6.45) is 6.31. The summed E-state index contributed by atoms with van der Waals surface area (Å²) in [5.41, 5.74) is 2.66. The second-order valence-corrected chi connectivity index (χ2v) is 2.15. The molecule has 1 aromatic rings. The van der Waals surface area contributed by atoms with Gasteiger partial charge in [0.15, 0.2) is 0 Å². The maximum Gasteiger partial charge on any atom is 0.0131 e. The second kappa shape index (κ2) is 3.30. The quantitative estimate of drug-likeness (QED) is 0.611. The van der Waals surface area contributed by atoms with Crippen LogP contribution in [0.4, 0.5) is 0 Å². The van der Waals surface area contributed by atoms with Crippen LogP contribution in [0.15, 0.2) is 30.3 Å². The zero-order valence-electron chi connectivity index (χ0n) is 5.54. The first-order chi connectivity index (χ1) is 4.47. The van der Waals surface area contributed by atoms with Crippen molar-refractivity contribution in [1.82, 2.24) is 0 Å². The summed E-state index contributed by atoms with van der Waals surface area (Å²) in [4.78, 5) is 0. The molecule has 0 atom stereocenters. The molecule has 0 heterocycles. The van der Waals surface area contributed by atoms with Gasteiger partial charge in [0.1, 0.15) is 0 Å². The number of hydrogen-bond acceptors (Lipinski definition) is 0. The van der Waals surface area contributed by atoms with Gasteiger partial charge in [0.05, 0.1) is 0 Å². The molecule has 1 aromatic carbocycles. The molecular formula is C9H7Zr. The van der Waals surface area contributed by atoms with Crippen LogP contribution in [0.3, 0.4) is 0 Å². The molecule has 0 amide bonds. The molecule has 1 aliphatic carbocycles. The number of hydrogen-bond donors (Lipinski definition) is 0. The van der Waals surface area contributed by atoms with Crippen molar-refractivity contribution in [3.8, 4) is 0 Å². The van der Waals surface area contributed by atoms with Gasteiger partial charge in [-0.15, -0.1) is 0 Å². The summed E-state index contributed by atoms with van der Waals surface area (Å²) in [5, 5.41) is 0. The predicted molar refractivity (Wildman–Crippen MR) is 38.9 cm³/mol. The molecule has 0 aromatic heterocycles. The molecule has 0 bridgehead atoms. The Balaban J connectivity index is 0.000000500. The van der Waals surface area contributed by atoms with Gasteiger partial charge in [-0.2, -0.15) is 0 Å². The maximum absolute atomic E-state index is 2.12. The van der Waals surface area contributed by atoms with E-state index < -0.39 is 0 Å². The van der Waals surface area contributed by atoms with Crippen LogP contribution in [0.2, 0.25) is 0 Å². The molecule has 0 saturated carbocycles. The normalized spacial score (nSPS) is 12.4. The van der Waals surface area contributed by atoms with E-state index in [1.54, 1.807) is 0 Å².